The van der Waals surface area contributed by atoms with E-state index >= 15 is 0 Å². The maximum atomic E-state index is 12.2. The first-order chi connectivity index (χ1) is 13.2. The first-order valence-corrected chi connectivity index (χ1v) is 9.00. The van der Waals surface area contributed by atoms with Gasteiger partial charge in [0.1, 0.15) is 18.0 Å². The molecule has 0 atom stereocenters. The molecule has 2 aromatic rings. The number of esters is 1. The number of methoxy groups -OCH3 is 1. The molecule has 0 unspecified atom stereocenters. The minimum Gasteiger partial charge on any atom is -0.492 e. The first kappa shape index (κ1) is 21.3. The average molecular weight is 390 g/mol. The fourth-order valence-electron chi connectivity index (χ4n) is 2.48. The van der Waals surface area contributed by atoms with E-state index in [4.69, 9.17) is 9.47 Å². The molecule has 28 heavy (non-hydrogen) atoms. The van der Waals surface area contributed by atoms with Crippen LogP contribution in [0.15, 0.2) is 29.1 Å². The van der Waals surface area contributed by atoms with Crippen molar-refractivity contribution < 1.29 is 23.8 Å². The number of hydrogen-bond acceptors (Lipinski definition) is 6. The van der Waals surface area contributed by atoms with Crippen molar-refractivity contribution in [3.63, 3.8) is 0 Å². The Balaban J connectivity index is 1.94. The van der Waals surface area contributed by atoms with Gasteiger partial charge in [-0.05, 0) is 50.8 Å². The number of benzene rings is 1. The molecule has 2 rings (SSSR count). The third-order valence-corrected chi connectivity index (χ3v) is 3.76. The molecule has 1 heterocycles. The highest BCUT2D eigenvalue weighted by Crippen LogP contribution is 2.19. The molecule has 1 aromatic carbocycles. The number of aryl methyl sites for hydroxylation is 1. The number of rotatable bonds is 7. The molecule has 8 nitrogen and oxygen atoms in total. The molecule has 2 N–H and O–H groups in total. The van der Waals surface area contributed by atoms with E-state index in [0.29, 0.717) is 23.3 Å². The predicted octanol–water partition coefficient (Wildman–Crippen LogP) is 2.54. The van der Waals surface area contributed by atoms with E-state index in [1.54, 1.807) is 39.0 Å². The average Bonchev–Trinajstić information content (AvgIpc) is 2.61. The summed E-state index contributed by atoms with van der Waals surface area (Å²) >= 11 is 0. The van der Waals surface area contributed by atoms with E-state index < -0.39 is 11.7 Å². The van der Waals surface area contributed by atoms with E-state index in [1.807, 2.05) is 6.07 Å². The summed E-state index contributed by atoms with van der Waals surface area (Å²) in [7, 11) is 1.32. The fraction of sp³-hybridized carbons (Fsp3) is 0.450. The molecular weight excluding hydrogens is 364 g/mol. The van der Waals surface area contributed by atoms with Gasteiger partial charge in [-0.1, -0.05) is 0 Å². The molecule has 8 heteroatoms. The van der Waals surface area contributed by atoms with Crippen LogP contribution < -0.4 is 15.6 Å². The lowest BCUT2D eigenvalue weighted by atomic mass is 10.1. The van der Waals surface area contributed by atoms with Crippen LogP contribution in [0, 0.1) is 0 Å². The maximum absolute atomic E-state index is 12.2. The standard InChI is InChI=1S/C20H26N2O6/c1-20(2,3)28-19(25)21-9-10-27-15-7-5-13-11-14(6-8-17(23)26-4)18(24)22-16(13)12-15/h5,7,11-12H,6,8-10H2,1-4H3,(H,21,25)(H,22,24). The molecule has 0 saturated carbocycles. The molecule has 1 amide bonds. The monoisotopic (exact) mass is 390 g/mol. The summed E-state index contributed by atoms with van der Waals surface area (Å²) in [5.74, 6) is 0.208. The number of carbonyl (C=O) groups excluding carboxylic acids is 2. The lowest BCUT2D eigenvalue weighted by Gasteiger charge is -2.19. The zero-order valence-corrected chi connectivity index (χ0v) is 16.6. The van der Waals surface area contributed by atoms with Gasteiger partial charge in [0.2, 0.25) is 0 Å². The SMILES string of the molecule is COC(=O)CCc1cc2ccc(OCCNC(=O)OC(C)(C)C)cc2[nH]c1=O. The topological polar surface area (TPSA) is 107 Å². The van der Waals surface area contributed by atoms with Gasteiger partial charge in [0.15, 0.2) is 0 Å². The Morgan fingerprint density at radius 3 is 2.61 bits per heavy atom. The Morgan fingerprint density at radius 1 is 1.18 bits per heavy atom. The molecule has 0 radical (unpaired) electrons. The van der Waals surface area contributed by atoms with Crippen LogP contribution in [0.1, 0.15) is 32.8 Å². The number of ether oxygens (including phenoxy) is 3. The van der Waals surface area contributed by atoms with Gasteiger partial charge in [-0.2, -0.15) is 0 Å². The maximum Gasteiger partial charge on any atom is 0.407 e. The van der Waals surface area contributed by atoms with Crippen LogP contribution >= 0.6 is 0 Å². The number of alkyl carbamates (subject to hydrolysis) is 1. The summed E-state index contributed by atoms with van der Waals surface area (Å²) < 4.78 is 15.3. The number of amides is 1. The molecule has 0 spiro atoms. The third-order valence-electron chi connectivity index (χ3n) is 3.76. The van der Waals surface area contributed by atoms with Gasteiger partial charge in [0.25, 0.3) is 5.56 Å². The van der Waals surface area contributed by atoms with Gasteiger partial charge in [-0.15, -0.1) is 0 Å². The first-order valence-electron chi connectivity index (χ1n) is 9.00. The summed E-state index contributed by atoms with van der Waals surface area (Å²) in [5.41, 5.74) is 0.350. The van der Waals surface area contributed by atoms with Crippen molar-refractivity contribution in [1.29, 1.82) is 0 Å². The summed E-state index contributed by atoms with van der Waals surface area (Å²) in [4.78, 5) is 37.8. The lowest BCUT2D eigenvalue weighted by Crippen LogP contribution is -2.34. The van der Waals surface area contributed by atoms with Crippen molar-refractivity contribution in [2.45, 2.75) is 39.2 Å². The Morgan fingerprint density at radius 2 is 1.93 bits per heavy atom. The van der Waals surface area contributed by atoms with Crippen molar-refractivity contribution >= 4 is 23.0 Å². The second kappa shape index (κ2) is 9.25. The molecule has 1 aromatic heterocycles. The number of carbonyl (C=O) groups is 2. The minimum atomic E-state index is -0.551. The number of H-pyrrole nitrogens is 1. The van der Waals surface area contributed by atoms with Crippen LogP contribution in [-0.2, 0) is 20.7 Å². The van der Waals surface area contributed by atoms with Crippen LogP contribution in [0.5, 0.6) is 5.75 Å². The number of fused-ring (bicyclic) bond motifs is 1. The van der Waals surface area contributed by atoms with E-state index in [1.165, 1.54) is 7.11 Å². The van der Waals surface area contributed by atoms with Gasteiger partial charge < -0.3 is 24.5 Å². The number of aromatic nitrogens is 1. The van der Waals surface area contributed by atoms with Gasteiger partial charge in [-0.25, -0.2) is 4.79 Å². The van der Waals surface area contributed by atoms with Crippen molar-refractivity contribution in [2.75, 3.05) is 20.3 Å². The zero-order chi connectivity index (χ0) is 20.7. The second-order valence-electron chi connectivity index (χ2n) is 7.23. The Kier molecular flexibility index (Phi) is 7.03. The zero-order valence-electron chi connectivity index (χ0n) is 16.6. The molecule has 0 aliphatic carbocycles. The second-order valence-corrected chi connectivity index (χ2v) is 7.23. The van der Waals surface area contributed by atoms with Gasteiger partial charge in [0, 0.05) is 18.1 Å². The normalized spacial score (nSPS) is 11.1. The number of nitrogens with one attached hydrogen (secondary N) is 2. The Labute approximate surface area is 163 Å². The molecule has 0 fully saturated rings. The third kappa shape index (κ3) is 6.61. The van der Waals surface area contributed by atoms with Crippen molar-refractivity contribution in [2.24, 2.45) is 0 Å². The number of pyridine rings is 1. The lowest BCUT2D eigenvalue weighted by molar-refractivity contribution is -0.140. The molecule has 0 bridgehead atoms. The largest absolute Gasteiger partial charge is 0.492 e. The summed E-state index contributed by atoms with van der Waals surface area (Å²) in [6.07, 6.45) is -0.0397. The van der Waals surface area contributed by atoms with Gasteiger partial charge in [-0.3, -0.25) is 9.59 Å². The van der Waals surface area contributed by atoms with Crippen molar-refractivity contribution in [3.8, 4) is 5.75 Å². The van der Waals surface area contributed by atoms with Crippen LogP contribution in [0.2, 0.25) is 0 Å². The smallest absolute Gasteiger partial charge is 0.407 e. The van der Waals surface area contributed by atoms with E-state index in [0.717, 1.165) is 5.39 Å². The molecule has 0 aliphatic heterocycles. The summed E-state index contributed by atoms with van der Waals surface area (Å²) in [6, 6.07) is 7.07. The number of hydrogen-bond donors (Lipinski definition) is 2. The Bertz CT molecular complexity index is 898. The van der Waals surface area contributed by atoms with Crippen LogP contribution in [0.3, 0.4) is 0 Å². The van der Waals surface area contributed by atoms with E-state index in [2.05, 4.69) is 15.0 Å². The molecular formula is C20H26N2O6. The van der Waals surface area contributed by atoms with Crippen LogP contribution in [0.4, 0.5) is 4.79 Å². The van der Waals surface area contributed by atoms with Gasteiger partial charge >= 0.3 is 12.1 Å². The van der Waals surface area contributed by atoms with E-state index in [-0.39, 0.29) is 31.1 Å². The Hall–Kier alpha value is -3.03. The molecule has 152 valence electrons. The highest BCUT2D eigenvalue weighted by molar-refractivity contribution is 5.80. The molecule has 0 aliphatic rings. The summed E-state index contributed by atoms with van der Waals surface area (Å²) in [6.45, 7) is 5.92. The molecule has 0 saturated heterocycles. The van der Waals surface area contributed by atoms with Crippen molar-refractivity contribution in [3.05, 3.63) is 40.2 Å². The van der Waals surface area contributed by atoms with Crippen LogP contribution in [-0.4, -0.2) is 42.9 Å². The number of aromatic amines is 1. The predicted molar refractivity (Wildman–Crippen MR) is 105 cm³/mol. The van der Waals surface area contributed by atoms with E-state index in [9.17, 15) is 14.4 Å². The highest BCUT2D eigenvalue weighted by atomic mass is 16.6. The van der Waals surface area contributed by atoms with Crippen molar-refractivity contribution in [1.82, 2.24) is 10.3 Å². The summed E-state index contributed by atoms with van der Waals surface area (Å²) in [5, 5.41) is 3.44. The van der Waals surface area contributed by atoms with Crippen LogP contribution in [0.25, 0.3) is 10.9 Å². The van der Waals surface area contributed by atoms with Gasteiger partial charge in [0.05, 0.1) is 19.2 Å². The fourth-order valence-corrected chi connectivity index (χ4v) is 2.48. The highest BCUT2D eigenvalue weighted by Gasteiger charge is 2.15. The minimum absolute atomic E-state index is 0.150. The quantitative estimate of drug-likeness (QED) is 0.556.